The van der Waals surface area contributed by atoms with Crippen molar-refractivity contribution in [1.82, 2.24) is 25.5 Å². The maximum absolute atomic E-state index is 12.8. The van der Waals surface area contributed by atoms with Crippen LogP contribution < -0.4 is 5.32 Å². The Morgan fingerprint density at radius 3 is 2.83 bits per heavy atom. The number of rotatable bonds is 4. The topological polar surface area (TPSA) is 72.7 Å². The van der Waals surface area contributed by atoms with Crippen LogP contribution >= 0.6 is 0 Å². The Kier molecular flexibility index (Phi) is 3.67. The van der Waals surface area contributed by atoms with Crippen LogP contribution in [0.15, 0.2) is 30.6 Å². The highest BCUT2D eigenvalue weighted by Gasteiger charge is 2.35. The van der Waals surface area contributed by atoms with Crippen molar-refractivity contribution in [2.24, 2.45) is 17.8 Å². The highest BCUT2D eigenvalue weighted by atomic mass is 16.1. The summed E-state index contributed by atoms with van der Waals surface area (Å²) in [6.45, 7) is 4.74. The molecule has 1 heterocycles. The number of nitrogens with zero attached hydrogens (tertiary/aromatic N) is 4. The fraction of sp³-hybridized carbons (Fsp3) is 0.444. The molecule has 4 rings (SSSR count). The Balaban J connectivity index is 1.56. The molecule has 1 saturated carbocycles. The number of fused-ring (bicyclic) bond motifs is 2. The number of carbonyl (C=O) groups is 1. The standard InChI is InChI=1S/C18H21N5O/c1-11-3-6-16(17(12(11)2)23-10-20-21-22-23)18(24)19-9-15-8-13-4-5-14(15)7-13/h3-6,10,13-15H,7-9H2,1-2H3,(H,19,24)/t13-,14-,15+/m0/s1. The number of amides is 1. The third kappa shape index (κ3) is 2.52. The molecule has 1 amide bonds. The highest BCUT2D eigenvalue weighted by Crippen LogP contribution is 2.43. The number of hydrogen-bond donors (Lipinski definition) is 1. The molecule has 2 aliphatic rings. The molecule has 2 aromatic rings. The number of carbonyl (C=O) groups excluding carboxylic acids is 1. The lowest BCUT2D eigenvalue weighted by Crippen LogP contribution is -2.31. The van der Waals surface area contributed by atoms with E-state index in [1.165, 1.54) is 19.2 Å². The zero-order valence-corrected chi connectivity index (χ0v) is 13.9. The summed E-state index contributed by atoms with van der Waals surface area (Å²) in [4.78, 5) is 12.8. The first-order valence-electron chi connectivity index (χ1n) is 8.43. The van der Waals surface area contributed by atoms with E-state index >= 15 is 0 Å². The predicted octanol–water partition coefficient (Wildman–Crippen LogP) is 2.22. The van der Waals surface area contributed by atoms with Gasteiger partial charge in [-0.3, -0.25) is 4.79 Å². The average molecular weight is 323 g/mol. The Morgan fingerprint density at radius 1 is 1.29 bits per heavy atom. The molecule has 6 heteroatoms. The van der Waals surface area contributed by atoms with E-state index in [2.05, 4.69) is 33.0 Å². The summed E-state index contributed by atoms with van der Waals surface area (Å²) < 4.78 is 1.57. The molecule has 0 spiro atoms. The van der Waals surface area contributed by atoms with Crippen molar-refractivity contribution in [3.63, 3.8) is 0 Å². The number of hydrogen-bond acceptors (Lipinski definition) is 4. The number of allylic oxidation sites excluding steroid dienone is 2. The van der Waals surface area contributed by atoms with Crippen LogP contribution in [0.2, 0.25) is 0 Å². The van der Waals surface area contributed by atoms with Gasteiger partial charge in [-0.2, -0.15) is 4.68 Å². The van der Waals surface area contributed by atoms with E-state index in [9.17, 15) is 4.79 Å². The number of aromatic nitrogens is 4. The molecule has 6 nitrogen and oxygen atoms in total. The zero-order chi connectivity index (χ0) is 16.7. The van der Waals surface area contributed by atoms with E-state index in [1.807, 2.05) is 26.0 Å². The van der Waals surface area contributed by atoms with Crippen LogP contribution in [-0.4, -0.2) is 32.7 Å². The maximum Gasteiger partial charge on any atom is 0.253 e. The summed E-state index contributed by atoms with van der Waals surface area (Å²) in [7, 11) is 0. The van der Waals surface area contributed by atoms with Gasteiger partial charge in [0, 0.05) is 6.54 Å². The molecule has 1 aromatic carbocycles. The van der Waals surface area contributed by atoms with Gasteiger partial charge >= 0.3 is 0 Å². The van der Waals surface area contributed by atoms with Crippen LogP contribution in [0.5, 0.6) is 0 Å². The van der Waals surface area contributed by atoms with Gasteiger partial charge in [0.25, 0.3) is 5.91 Å². The van der Waals surface area contributed by atoms with Gasteiger partial charge in [0.15, 0.2) is 0 Å². The highest BCUT2D eigenvalue weighted by molar-refractivity contribution is 5.98. The Hall–Kier alpha value is -2.50. The van der Waals surface area contributed by atoms with Gasteiger partial charge in [0.05, 0.1) is 11.3 Å². The van der Waals surface area contributed by atoms with Crippen molar-refractivity contribution < 1.29 is 4.79 Å². The van der Waals surface area contributed by atoms with Gasteiger partial charge in [0.1, 0.15) is 6.33 Å². The minimum absolute atomic E-state index is 0.0599. The number of nitrogens with one attached hydrogen (secondary N) is 1. The predicted molar refractivity (Wildman–Crippen MR) is 89.8 cm³/mol. The monoisotopic (exact) mass is 323 g/mol. The second kappa shape index (κ2) is 5.85. The van der Waals surface area contributed by atoms with Gasteiger partial charge in [-0.05, 0) is 72.1 Å². The van der Waals surface area contributed by atoms with Crippen molar-refractivity contribution in [2.75, 3.05) is 6.54 Å². The fourth-order valence-corrected chi connectivity index (χ4v) is 3.99. The van der Waals surface area contributed by atoms with Gasteiger partial charge in [0.2, 0.25) is 0 Å². The second-order valence-electron chi connectivity index (χ2n) is 6.91. The van der Waals surface area contributed by atoms with E-state index in [0.29, 0.717) is 17.4 Å². The van der Waals surface area contributed by atoms with Crippen molar-refractivity contribution >= 4 is 5.91 Å². The fourth-order valence-electron chi connectivity index (χ4n) is 3.99. The van der Waals surface area contributed by atoms with E-state index in [0.717, 1.165) is 29.3 Å². The minimum atomic E-state index is -0.0599. The lowest BCUT2D eigenvalue weighted by molar-refractivity contribution is 0.0945. The van der Waals surface area contributed by atoms with Crippen LogP contribution in [0.25, 0.3) is 5.69 Å². The molecule has 0 aliphatic heterocycles. The molecule has 24 heavy (non-hydrogen) atoms. The maximum atomic E-state index is 12.8. The minimum Gasteiger partial charge on any atom is -0.352 e. The second-order valence-corrected chi connectivity index (χ2v) is 6.91. The van der Waals surface area contributed by atoms with Crippen LogP contribution in [0.3, 0.4) is 0 Å². The van der Waals surface area contributed by atoms with Gasteiger partial charge < -0.3 is 5.32 Å². The third-order valence-corrected chi connectivity index (χ3v) is 5.47. The molecular weight excluding hydrogens is 302 g/mol. The van der Waals surface area contributed by atoms with E-state index in [1.54, 1.807) is 4.68 Å². The first-order chi connectivity index (χ1) is 11.6. The first-order valence-corrected chi connectivity index (χ1v) is 8.43. The van der Waals surface area contributed by atoms with Crippen LogP contribution in [0, 0.1) is 31.6 Å². The van der Waals surface area contributed by atoms with Crippen LogP contribution in [-0.2, 0) is 0 Å². The quantitative estimate of drug-likeness (QED) is 0.876. The van der Waals surface area contributed by atoms with Crippen molar-refractivity contribution in [3.8, 4) is 5.69 Å². The number of tetrazole rings is 1. The van der Waals surface area contributed by atoms with Crippen molar-refractivity contribution in [2.45, 2.75) is 26.7 Å². The Bertz CT molecular complexity index is 796. The molecule has 2 aliphatic carbocycles. The molecule has 0 unspecified atom stereocenters. The van der Waals surface area contributed by atoms with Crippen LogP contribution in [0.1, 0.15) is 34.3 Å². The molecule has 0 radical (unpaired) electrons. The molecule has 1 fully saturated rings. The van der Waals surface area contributed by atoms with Crippen LogP contribution in [0.4, 0.5) is 0 Å². The Labute approximate surface area is 140 Å². The zero-order valence-electron chi connectivity index (χ0n) is 13.9. The summed E-state index contributed by atoms with van der Waals surface area (Å²) in [5.74, 6) is 1.85. The summed E-state index contributed by atoms with van der Waals surface area (Å²) in [5, 5.41) is 14.5. The van der Waals surface area contributed by atoms with Gasteiger partial charge in [-0.25, -0.2) is 0 Å². The van der Waals surface area contributed by atoms with Gasteiger partial charge in [-0.15, -0.1) is 5.10 Å². The summed E-state index contributed by atoms with van der Waals surface area (Å²) in [6.07, 6.45) is 8.60. The Morgan fingerprint density at radius 2 is 2.17 bits per heavy atom. The summed E-state index contributed by atoms with van der Waals surface area (Å²) >= 11 is 0. The summed E-state index contributed by atoms with van der Waals surface area (Å²) in [6, 6.07) is 3.83. The van der Waals surface area contributed by atoms with E-state index in [-0.39, 0.29) is 5.91 Å². The smallest absolute Gasteiger partial charge is 0.253 e. The molecule has 2 bridgehead atoms. The van der Waals surface area contributed by atoms with E-state index < -0.39 is 0 Å². The molecule has 1 aromatic heterocycles. The molecule has 124 valence electrons. The largest absolute Gasteiger partial charge is 0.352 e. The lowest BCUT2D eigenvalue weighted by Gasteiger charge is -2.19. The van der Waals surface area contributed by atoms with E-state index in [4.69, 9.17) is 0 Å². The molecule has 3 atom stereocenters. The molecular formula is C18H21N5O. The lowest BCUT2D eigenvalue weighted by atomic mass is 9.93. The average Bonchev–Trinajstić information content (AvgIpc) is 3.32. The number of aryl methyl sites for hydroxylation is 1. The van der Waals surface area contributed by atoms with Gasteiger partial charge in [-0.1, -0.05) is 18.2 Å². The molecule has 1 N–H and O–H groups in total. The SMILES string of the molecule is Cc1ccc(C(=O)NC[C@H]2C[C@H]3C=C[C@H]2C3)c(-n2cnnn2)c1C. The van der Waals surface area contributed by atoms with Crippen molar-refractivity contribution in [3.05, 3.63) is 47.3 Å². The van der Waals surface area contributed by atoms with Crippen molar-refractivity contribution in [1.29, 1.82) is 0 Å². The summed E-state index contributed by atoms with van der Waals surface area (Å²) in [5.41, 5.74) is 3.49. The first kappa shape index (κ1) is 15.1. The molecule has 0 saturated heterocycles. The third-order valence-electron chi connectivity index (χ3n) is 5.47. The number of benzene rings is 1. The normalized spacial score (nSPS) is 24.5.